The number of alkyl halides is 3. The van der Waals surface area contributed by atoms with Crippen molar-refractivity contribution in [2.45, 2.75) is 32.7 Å². The number of ether oxygens (including phenoxy) is 1. The summed E-state index contributed by atoms with van der Waals surface area (Å²) in [6, 6.07) is 5.73. The predicted octanol–water partition coefficient (Wildman–Crippen LogP) is 3.36. The van der Waals surface area contributed by atoms with Crippen molar-refractivity contribution in [2.24, 2.45) is 18.6 Å². The van der Waals surface area contributed by atoms with Crippen LogP contribution in [0.15, 0.2) is 42.9 Å². The van der Waals surface area contributed by atoms with Gasteiger partial charge in [0.25, 0.3) is 5.91 Å². The van der Waals surface area contributed by atoms with Crippen LogP contribution in [-0.4, -0.2) is 65.2 Å². The number of likely N-dealkylation sites (N-methyl/N-ethyl adjacent to an activating group) is 1. The summed E-state index contributed by atoms with van der Waals surface area (Å²) in [5, 5.41) is 8.16. The maximum Gasteiger partial charge on any atom is 0.573 e. The number of rotatable bonds is 8. The molecule has 1 aromatic carbocycles. The number of hydrazine groups is 1. The van der Waals surface area contributed by atoms with E-state index in [1.807, 2.05) is 25.9 Å². The van der Waals surface area contributed by atoms with Crippen LogP contribution in [0, 0.1) is 13.8 Å². The quantitative estimate of drug-likeness (QED) is 0.274. The van der Waals surface area contributed by atoms with Crippen LogP contribution < -0.4 is 31.5 Å². The first-order valence-corrected chi connectivity index (χ1v) is 12.8. The van der Waals surface area contributed by atoms with Gasteiger partial charge in [0.2, 0.25) is 0 Å². The van der Waals surface area contributed by atoms with Crippen LogP contribution in [0.5, 0.6) is 5.75 Å². The average molecular weight is 574 g/mol. The predicted molar refractivity (Wildman–Crippen MR) is 151 cm³/mol. The zero-order valence-corrected chi connectivity index (χ0v) is 23.5. The minimum atomic E-state index is -4.91. The number of amides is 1. The SMILES string of the molecule is Cc1ncc(NC(=O)c2cc(OC(F)(F)F)cc(N3CCC(N(C)C)C3)c2)cc1N(N)/C=C(\N)c1cnn(C)c1C. The highest BCUT2D eigenvalue weighted by Crippen LogP contribution is 2.32. The molecule has 2 aromatic heterocycles. The highest BCUT2D eigenvalue weighted by Gasteiger charge is 2.32. The van der Waals surface area contributed by atoms with Crippen molar-refractivity contribution in [1.29, 1.82) is 0 Å². The number of halogens is 3. The molecule has 4 rings (SSSR count). The lowest BCUT2D eigenvalue weighted by atomic mass is 10.1. The second kappa shape index (κ2) is 11.7. The molecule has 1 aliphatic rings. The number of nitrogens with zero attached hydrogens (tertiary/aromatic N) is 6. The molecule has 3 aromatic rings. The molecule has 11 nitrogen and oxygen atoms in total. The number of carbonyl (C=O) groups is 1. The molecule has 0 radical (unpaired) electrons. The summed E-state index contributed by atoms with van der Waals surface area (Å²) in [5.74, 6) is 5.16. The van der Waals surface area contributed by atoms with Gasteiger partial charge in [-0.3, -0.25) is 19.5 Å². The molecule has 0 aliphatic carbocycles. The number of hydrogen-bond acceptors (Lipinski definition) is 9. The van der Waals surface area contributed by atoms with Crippen LogP contribution in [0.25, 0.3) is 5.70 Å². The number of nitrogens with one attached hydrogen (secondary N) is 1. The van der Waals surface area contributed by atoms with E-state index in [2.05, 4.69) is 25.0 Å². The fourth-order valence-electron chi connectivity index (χ4n) is 4.61. The van der Waals surface area contributed by atoms with E-state index >= 15 is 0 Å². The Labute approximate surface area is 236 Å². The third kappa shape index (κ3) is 7.08. The Morgan fingerprint density at radius 2 is 1.93 bits per heavy atom. The number of carbonyl (C=O) groups excluding carboxylic acids is 1. The molecule has 41 heavy (non-hydrogen) atoms. The maximum absolute atomic E-state index is 13.3. The van der Waals surface area contributed by atoms with E-state index in [0.717, 1.165) is 18.2 Å². The molecule has 1 amide bonds. The normalized spacial score (nSPS) is 15.9. The van der Waals surface area contributed by atoms with Crippen LogP contribution in [0.4, 0.5) is 30.2 Å². The van der Waals surface area contributed by atoms with Crippen molar-refractivity contribution in [3.05, 3.63) is 65.4 Å². The monoisotopic (exact) mass is 573 g/mol. The van der Waals surface area contributed by atoms with Gasteiger partial charge < -0.3 is 25.6 Å². The van der Waals surface area contributed by atoms with Crippen LogP contribution in [0.1, 0.15) is 33.7 Å². The van der Waals surface area contributed by atoms with Gasteiger partial charge in [-0.1, -0.05) is 0 Å². The number of benzene rings is 1. The standard InChI is InChI=1S/C27H34F3N9O2/c1-16-25(39(32)15-24(31)23-13-34-37(5)17(23)2)10-19(12-33-16)35-26(40)18-8-21(11-22(9-18)41-27(28,29)30)38-7-6-20(14-38)36(3)4/h8-13,15,20H,6-7,14,31-32H2,1-5H3,(H,35,40)/b24-15-. The Balaban J connectivity index is 1.59. The zero-order valence-electron chi connectivity index (χ0n) is 23.5. The van der Waals surface area contributed by atoms with Gasteiger partial charge in [-0.25, -0.2) is 5.84 Å². The molecule has 1 aliphatic heterocycles. The first-order valence-electron chi connectivity index (χ1n) is 12.8. The third-order valence-corrected chi connectivity index (χ3v) is 7.07. The van der Waals surface area contributed by atoms with Gasteiger partial charge in [0.15, 0.2) is 0 Å². The van der Waals surface area contributed by atoms with Gasteiger partial charge in [-0.15, -0.1) is 13.2 Å². The maximum atomic E-state index is 13.3. The summed E-state index contributed by atoms with van der Waals surface area (Å²) < 4.78 is 45.1. The van der Waals surface area contributed by atoms with Crippen LogP contribution in [0.3, 0.4) is 0 Å². The topological polar surface area (TPSA) is 131 Å². The number of aromatic nitrogens is 3. The largest absolute Gasteiger partial charge is 0.573 e. The lowest BCUT2D eigenvalue weighted by Gasteiger charge is -2.23. The van der Waals surface area contributed by atoms with Crippen LogP contribution in [0.2, 0.25) is 0 Å². The third-order valence-electron chi connectivity index (χ3n) is 7.07. The lowest BCUT2D eigenvalue weighted by Crippen LogP contribution is -2.31. The molecule has 1 atom stereocenters. The highest BCUT2D eigenvalue weighted by atomic mass is 19.4. The summed E-state index contributed by atoms with van der Waals surface area (Å²) in [7, 11) is 5.70. The van der Waals surface area contributed by atoms with Gasteiger partial charge in [-0.05, 0) is 52.6 Å². The molecular weight excluding hydrogens is 539 g/mol. The van der Waals surface area contributed by atoms with Gasteiger partial charge in [0.05, 0.1) is 35.2 Å². The molecule has 3 heterocycles. The minimum Gasteiger partial charge on any atom is -0.406 e. The van der Waals surface area contributed by atoms with Crippen molar-refractivity contribution >= 4 is 28.7 Å². The Hall–Kier alpha value is -4.30. The van der Waals surface area contributed by atoms with E-state index in [1.165, 1.54) is 23.5 Å². The molecule has 1 fully saturated rings. The molecule has 220 valence electrons. The van der Waals surface area contributed by atoms with E-state index in [-0.39, 0.29) is 17.3 Å². The second-order valence-electron chi connectivity index (χ2n) is 10.2. The van der Waals surface area contributed by atoms with Gasteiger partial charge >= 0.3 is 6.36 Å². The fourth-order valence-corrected chi connectivity index (χ4v) is 4.61. The molecule has 0 bridgehead atoms. The van der Waals surface area contributed by atoms with E-state index < -0.39 is 18.0 Å². The van der Waals surface area contributed by atoms with Crippen molar-refractivity contribution < 1.29 is 22.7 Å². The van der Waals surface area contributed by atoms with Crippen molar-refractivity contribution in [3.63, 3.8) is 0 Å². The summed E-state index contributed by atoms with van der Waals surface area (Å²) in [4.78, 5) is 21.6. The molecular formula is C27H34F3N9O2. The van der Waals surface area contributed by atoms with Gasteiger partial charge in [-0.2, -0.15) is 5.10 Å². The molecule has 5 N–H and O–H groups in total. The number of aryl methyl sites for hydroxylation is 2. The summed E-state index contributed by atoms with van der Waals surface area (Å²) in [5.41, 5.74) is 9.94. The summed E-state index contributed by atoms with van der Waals surface area (Å²) >= 11 is 0. The van der Waals surface area contributed by atoms with Crippen LogP contribution >= 0.6 is 0 Å². The van der Waals surface area contributed by atoms with E-state index in [1.54, 1.807) is 37.0 Å². The molecule has 0 saturated carbocycles. The Morgan fingerprint density at radius 3 is 2.54 bits per heavy atom. The van der Waals surface area contributed by atoms with Gasteiger partial charge in [0, 0.05) is 61.0 Å². The van der Waals surface area contributed by atoms with Crippen molar-refractivity contribution in [2.75, 3.05) is 42.4 Å². The lowest BCUT2D eigenvalue weighted by molar-refractivity contribution is -0.274. The molecule has 1 saturated heterocycles. The number of hydrogen-bond donors (Lipinski definition) is 3. The Bertz CT molecular complexity index is 1450. The smallest absolute Gasteiger partial charge is 0.406 e. The van der Waals surface area contributed by atoms with Gasteiger partial charge in [0.1, 0.15) is 5.75 Å². The average Bonchev–Trinajstić information content (AvgIpc) is 3.51. The fraction of sp³-hybridized carbons (Fsp3) is 0.370. The number of pyridine rings is 1. The van der Waals surface area contributed by atoms with Crippen molar-refractivity contribution in [1.82, 2.24) is 19.7 Å². The number of anilines is 3. The minimum absolute atomic E-state index is 0.00187. The summed E-state index contributed by atoms with van der Waals surface area (Å²) in [6.07, 6.45) is 0.507. The number of nitrogens with two attached hydrogens (primary N) is 2. The highest BCUT2D eigenvalue weighted by molar-refractivity contribution is 6.05. The molecule has 14 heteroatoms. The zero-order chi connectivity index (χ0) is 30.1. The van der Waals surface area contributed by atoms with E-state index in [9.17, 15) is 18.0 Å². The van der Waals surface area contributed by atoms with E-state index in [0.29, 0.717) is 41.4 Å². The van der Waals surface area contributed by atoms with E-state index in [4.69, 9.17) is 11.6 Å². The Kier molecular flexibility index (Phi) is 8.44. The molecule has 0 spiro atoms. The summed E-state index contributed by atoms with van der Waals surface area (Å²) in [6.45, 7) is 4.85. The Morgan fingerprint density at radius 1 is 1.20 bits per heavy atom. The second-order valence-corrected chi connectivity index (χ2v) is 10.2. The first-order chi connectivity index (χ1) is 19.2. The molecule has 1 unspecified atom stereocenters. The van der Waals surface area contributed by atoms with Crippen LogP contribution in [-0.2, 0) is 7.05 Å². The van der Waals surface area contributed by atoms with Crippen molar-refractivity contribution in [3.8, 4) is 5.75 Å². The first kappa shape index (κ1) is 29.7.